The first-order valence-electron chi connectivity index (χ1n) is 8.72. The number of carbonyl (C=O) groups is 2. The summed E-state index contributed by atoms with van der Waals surface area (Å²) in [6, 6.07) is 18.0. The lowest BCUT2D eigenvalue weighted by atomic mass is 10.2. The van der Waals surface area contributed by atoms with Gasteiger partial charge in [-0.25, -0.2) is 4.98 Å². The molecule has 4 aromatic rings. The van der Waals surface area contributed by atoms with E-state index in [1.807, 2.05) is 30.3 Å². The summed E-state index contributed by atoms with van der Waals surface area (Å²) < 4.78 is 1.46. The maximum Gasteiger partial charge on any atom is 0.272 e. The van der Waals surface area contributed by atoms with Crippen LogP contribution in [0.25, 0.3) is 11.0 Å². The van der Waals surface area contributed by atoms with Crippen LogP contribution in [0.2, 0.25) is 0 Å². The molecule has 0 aliphatic rings. The van der Waals surface area contributed by atoms with Gasteiger partial charge in [0, 0.05) is 18.7 Å². The van der Waals surface area contributed by atoms with E-state index < -0.39 is 0 Å². The lowest BCUT2D eigenvalue weighted by molar-refractivity contribution is 0.0943. The Morgan fingerprint density at radius 1 is 1.04 bits per heavy atom. The SMILES string of the molecule is Cn1nc(C(=O)NCc2nc3ccccc3[nH]2)cc1NC(=O)c1ccccc1. The number of amides is 2. The number of aromatic nitrogens is 4. The quantitative estimate of drug-likeness (QED) is 0.499. The zero-order chi connectivity index (χ0) is 19.5. The molecule has 2 aromatic heterocycles. The molecule has 2 amide bonds. The standard InChI is InChI=1S/C20H18N6O2/c1-26-18(24-19(27)13-7-3-2-4-8-13)11-16(25-26)20(28)21-12-17-22-14-9-5-6-10-15(14)23-17/h2-11H,12H2,1H3,(H,21,28)(H,22,23)(H,24,27). The van der Waals surface area contributed by atoms with Crippen LogP contribution in [0.5, 0.6) is 0 Å². The summed E-state index contributed by atoms with van der Waals surface area (Å²) in [5.74, 6) is 0.472. The second-order valence-electron chi connectivity index (χ2n) is 6.24. The lowest BCUT2D eigenvalue weighted by Gasteiger charge is -2.04. The van der Waals surface area contributed by atoms with Crippen LogP contribution in [0.15, 0.2) is 60.7 Å². The molecule has 0 saturated carbocycles. The molecule has 140 valence electrons. The molecular formula is C20H18N6O2. The Kier molecular flexibility index (Phi) is 4.59. The predicted molar refractivity (Wildman–Crippen MR) is 105 cm³/mol. The topological polar surface area (TPSA) is 105 Å². The number of aryl methyl sites for hydroxylation is 1. The van der Waals surface area contributed by atoms with Gasteiger partial charge in [-0.3, -0.25) is 14.3 Å². The van der Waals surface area contributed by atoms with E-state index in [0.717, 1.165) is 11.0 Å². The van der Waals surface area contributed by atoms with E-state index in [9.17, 15) is 9.59 Å². The minimum absolute atomic E-state index is 0.210. The number of H-pyrrole nitrogens is 1. The molecule has 0 bridgehead atoms. The van der Waals surface area contributed by atoms with E-state index in [0.29, 0.717) is 17.2 Å². The highest BCUT2D eigenvalue weighted by atomic mass is 16.2. The maximum absolute atomic E-state index is 12.4. The molecule has 0 aliphatic carbocycles. The average Bonchev–Trinajstić information content (AvgIpc) is 3.30. The Hall–Kier alpha value is -3.94. The third kappa shape index (κ3) is 3.61. The molecule has 8 nitrogen and oxygen atoms in total. The smallest absolute Gasteiger partial charge is 0.272 e. The Balaban J connectivity index is 1.42. The van der Waals surface area contributed by atoms with Crippen LogP contribution < -0.4 is 10.6 Å². The van der Waals surface area contributed by atoms with Gasteiger partial charge in [0.1, 0.15) is 11.6 Å². The monoisotopic (exact) mass is 374 g/mol. The molecule has 28 heavy (non-hydrogen) atoms. The highest BCUT2D eigenvalue weighted by Crippen LogP contribution is 2.13. The third-order valence-corrected chi connectivity index (χ3v) is 4.24. The van der Waals surface area contributed by atoms with Gasteiger partial charge in [0.2, 0.25) is 0 Å². The van der Waals surface area contributed by atoms with Crippen molar-refractivity contribution in [3.63, 3.8) is 0 Å². The van der Waals surface area contributed by atoms with Crippen molar-refractivity contribution in [3.05, 3.63) is 77.7 Å². The zero-order valence-corrected chi connectivity index (χ0v) is 15.1. The highest BCUT2D eigenvalue weighted by molar-refractivity contribution is 6.04. The molecule has 0 unspecified atom stereocenters. The number of carbonyl (C=O) groups excluding carboxylic acids is 2. The number of nitrogens with one attached hydrogen (secondary N) is 3. The normalized spacial score (nSPS) is 10.8. The second kappa shape index (κ2) is 7.36. The molecule has 0 atom stereocenters. The first-order chi connectivity index (χ1) is 13.6. The van der Waals surface area contributed by atoms with Crippen LogP contribution in [0.4, 0.5) is 5.82 Å². The molecule has 2 heterocycles. The van der Waals surface area contributed by atoms with Crippen molar-refractivity contribution in [3.8, 4) is 0 Å². The zero-order valence-electron chi connectivity index (χ0n) is 15.1. The van der Waals surface area contributed by atoms with E-state index >= 15 is 0 Å². The molecule has 0 aliphatic heterocycles. The Labute approximate surface area is 160 Å². The van der Waals surface area contributed by atoms with Crippen molar-refractivity contribution in [1.29, 1.82) is 0 Å². The van der Waals surface area contributed by atoms with Crippen LogP contribution in [-0.4, -0.2) is 31.6 Å². The lowest BCUT2D eigenvalue weighted by Crippen LogP contribution is -2.24. The summed E-state index contributed by atoms with van der Waals surface area (Å²) in [5, 5.41) is 9.71. The van der Waals surface area contributed by atoms with Gasteiger partial charge in [0.05, 0.1) is 17.6 Å². The average molecular weight is 374 g/mol. The summed E-state index contributed by atoms with van der Waals surface area (Å²) in [6.07, 6.45) is 0. The Bertz CT molecular complexity index is 1110. The fourth-order valence-electron chi connectivity index (χ4n) is 2.82. The van der Waals surface area contributed by atoms with Crippen LogP contribution in [0, 0.1) is 0 Å². The van der Waals surface area contributed by atoms with Crippen molar-refractivity contribution >= 4 is 28.7 Å². The molecular weight excluding hydrogens is 356 g/mol. The van der Waals surface area contributed by atoms with Gasteiger partial charge in [0.25, 0.3) is 11.8 Å². The van der Waals surface area contributed by atoms with E-state index in [-0.39, 0.29) is 24.1 Å². The van der Waals surface area contributed by atoms with Crippen LogP contribution in [0.3, 0.4) is 0 Å². The van der Waals surface area contributed by atoms with Crippen molar-refractivity contribution < 1.29 is 9.59 Å². The number of nitrogens with zero attached hydrogens (tertiary/aromatic N) is 3. The van der Waals surface area contributed by atoms with Gasteiger partial charge in [-0.1, -0.05) is 30.3 Å². The van der Waals surface area contributed by atoms with Gasteiger partial charge in [-0.05, 0) is 24.3 Å². The number of hydrogen-bond donors (Lipinski definition) is 3. The van der Waals surface area contributed by atoms with Gasteiger partial charge < -0.3 is 15.6 Å². The molecule has 0 fully saturated rings. The van der Waals surface area contributed by atoms with Crippen molar-refractivity contribution in [1.82, 2.24) is 25.1 Å². The van der Waals surface area contributed by atoms with Crippen molar-refractivity contribution in [2.75, 3.05) is 5.32 Å². The van der Waals surface area contributed by atoms with E-state index in [1.54, 1.807) is 31.3 Å². The summed E-state index contributed by atoms with van der Waals surface area (Å²) in [6.45, 7) is 0.246. The molecule has 3 N–H and O–H groups in total. The summed E-state index contributed by atoms with van der Waals surface area (Å²) in [5.41, 5.74) is 2.49. The highest BCUT2D eigenvalue weighted by Gasteiger charge is 2.15. The number of para-hydroxylation sites is 2. The summed E-state index contributed by atoms with van der Waals surface area (Å²) >= 11 is 0. The van der Waals surface area contributed by atoms with Crippen molar-refractivity contribution in [2.24, 2.45) is 7.05 Å². The van der Waals surface area contributed by atoms with Gasteiger partial charge in [-0.2, -0.15) is 5.10 Å². The first-order valence-corrected chi connectivity index (χ1v) is 8.72. The minimum atomic E-state index is -0.351. The van der Waals surface area contributed by atoms with Crippen LogP contribution in [-0.2, 0) is 13.6 Å². The largest absolute Gasteiger partial charge is 0.343 e. The minimum Gasteiger partial charge on any atom is -0.343 e. The predicted octanol–water partition coefficient (Wildman–Crippen LogP) is 2.48. The third-order valence-electron chi connectivity index (χ3n) is 4.24. The number of aromatic amines is 1. The summed E-state index contributed by atoms with van der Waals surface area (Å²) in [4.78, 5) is 32.3. The fraction of sp³-hybridized carbons (Fsp3) is 0.100. The molecule has 4 rings (SSSR count). The molecule has 2 aromatic carbocycles. The number of hydrogen-bond acceptors (Lipinski definition) is 4. The van der Waals surface area contributed by atoms with Gasteiger partial charge >= 0.3 is 0 Å². The fourth-order valence-corrected chi connectivity index (χ4v) is 2.82. The first kappa shape index (κ1) is 17.5. The van der Waals surface area contributed by atoms with Crippen molar-refractivity contribution in [2.45, 2.75) is 6.54 Å². The summed E-state index contributed by atoms with van der Waals surface area (Å²) in [7, 11) is 1.66. The number of benzene rings is 2. The maximum atomic E-state index is 12.4. The van der Waals surface area contributed by atoms with Gasteiger partial charge in [0.15, 0.2) is 5.69 Å². The van der Waals surface area contributed by atoms with Gasteiger partial charge in [-0.15, -0.1) is 0 Å². The molecule has 0 radical (unpaired) electrons. The van der Waals surface area contributed by atoms with E-state index in [1.165, 1.54) is 10.7 Å². The molecule has 0 saturated heterocycles. The second-order valence-corrected chi connectivity index (χ2v) is 6.24. The molecule has 8 heteroatoms. The Morgan fingerprint density at radius 3 is 2.57 bits per heavy atom. The Morgan fingerprint density at radius 2 is 1.79 bits per heavy atom. The van der Waals surface area contributed by atoms with Crippen LogP contribution >= 0.6 is 0 Å². The number of imidazole rings is 1. The number of rotatable bonds is 5. The number of fused-ring (bicyclic) bond motifs is 1. The number of anilines is 1. The van der Waals surface area contributed by atoms with Crippen LogP contribution in [0.1, 0.15) is 26.7 Å². The molecule has 0 spiro atoms. The van der Waals surface area contributed by atoms with E-state index in [4.69, 9.17) is 0 Å². The van der Waals surface area contributed by atoms with E-state index in [2.05, 4.69) is 25.7 Å².